The maximum absolute atomic E-state index is 9.64. The molecular formula is C16H22N2OS. The van der Waals surface area contributed by atoms with Gasteiger partial charge in [0.2, 0.25) is 0 Å². The van der Waals surface area contributed by atoms with E-state index in [0.29, 0.717) is 5.92 Å². The summed E-state index contributed by atoms with van der Waals surface area (Å²) in [6.45, 7) is 3.04. The molecule has 0 aromatic heterocycles. The van der Waals surface area contributed by atoms with Gasteiger partial charge in [0.25, 0.3) is 0 Å². The van der Waals surface area contributed by atoms with Crippen LogP contribution in [0.1, 0.15) is 26.2 Å². The molecule has 0 bridgehead atoms. The fraction of sp³-hybridized carbons (Fsp3) is 0.562. The predicted octanol–water partition coefficient (Wildman–Crippen LogP) is 3.46. The topological polar surface area (TPSA) is 45.0 Å². The van der Waals surface area contributed by atoms with Crippen LogP contribution in [0, 0.1) is 17.2 Å². The smallest absolute Gasteiger partial charge is 0.119 e. The van der Waals surface area contributed by atoms with Crippen molar-refractivity contribution in [2.75, 3.05) is 19.4 Å². The number of methoxy groups -OCH3 is 1. The van der Waals surface area contributed by atoms with Gasteiger partial charge >= 0.3 is 0 Å². The molecule has 4 heteroatoms. The van der Waals surface area contributed by atoms with Crippen molar-refractivity contribution in [3.05, 3.63) is 24.3 Å². The van der Waals surface area contributed by atoms with Gasteiger partial charge in [-0.15, -0.1) is 11.8 Å². The summed E-state index contributed by atoms with van der Waals surface area (Å²) in [6, 6.07) is 10.6. The zero-order chi connectivity index (χ0) is 14.4. The molecule has 2 rings (SSSR count). The van der Waals surface area contributed by atoms with Crippen LogP contribution in [0.5, 0.6) is 5.75 Å². The number of hydrogen-bond acceptors (Lipinski definition) is 4. The number of benzene rings is 1. The van der Waals surface area contributed by atoms with Crippen LogP contribution in [0.4, 0.5) is 0 Å². The Morgan fingerprint density at radius 3 is 2.90 bits per heavy atom. The van der Waals surface area contributed by atoms with Crippen molar-refractivity contribution >= 4 is 11.8 Å². The molecule has 1 saturated carbocycles. The number of rotatable bonds is 8. The Hall–Kier alpha value is -1.18. The van der Waals surface area contributed by atoms with Gasteiger partial charge in [-0.2, -0.15) is 5.26 Å². The van der Waals surface area contributed by atoms with Crippen LogP contribution in [0.2, 0.25) is 0 Å². The summed E-state index contributed by atoms with van der Waals surface area (Å²) in [6.07, 6.45) is 3.39. The minimum Gasteiger partial charge on any atom is -0.497 e. The van der Waals surface area contributed by atoms with E-state index in [1.165, 1.54) is 12.8 Å². The van der Waals surface area contributed by atoms with Crippen molar-refractivity contribution < 1.29 is 4.74 Å². The maximum atomic E-state index is 9.64. The highest BCUT2D eigenvalue weighted by Gasteiger charge is 2.45. The van der Waals surface area contributed by atoms with E-state index in [0.717, 1.165) is 29.4 Å². The first-order valence-corrected chi connectivity index (χ1v) is 8.16. The Balaban J connectivity index is 2.02. The second-order valence-corrected chi connectivity index (χ2v) is 6.30. The summed E-state index contributed by atoms with van der Waals surface area (Å²) in [5, 5.41) is 13.1. The SMILES string of the molecule is CCCNC(C#N)(CSc1cccc(OC)c1)C1CC1. The molecule has 0 spiro atoms. The average Bonchev–Trinajstić information content (AvgIpc) is 3.33. The minimum atomic E-state index is -0.371. The van der Waals surface area contributed by atoms with Gasteiger partial charge in [-0.1, -0.05) is 13.0 Å². The summed E-state index contributed by atoms with van der Waals surface area (Å²) in [5.74, 6) is 2.17. The van der Waals surface area contributed by atoms with Crippen LogP contribution in [0.25, 0.3) is 0 Å². The molecule has 0 saturated heterocycles. The van der Waals surface area contributed by atoms with Crippen molar-refractivity contribution in [3.63, 3.8) is 0 Å². The fourth-order valence-electron chi connectivity index (χ4n) is 2.29. The largest absolute Gasteiger partial charge is 0.497 e. The van der Waals surface area contributed by atoms with E-state index >= 15 is 0 Å². The number of hydrogen-bond donors (Lipinski definition) is 1. The average molecular weight is 290 g/mol. The Bertz CT molecular complexity index is 482. The third kappa shape index (κ3) is 3.68. The summed E-state index contributed by atoms with van der Waals surface area (Å²) < 4.78 is 5.24. The van der Waals surface area contributed by atoms with Crippen LogP contribution < -0.4 is 10.1 Å². The van der Waals surface area contributed by atoms with E-state index in [1.54, 1.807) is 18.9 Å². The van der Waals surface area contributed by atoms with E-state index in [2.05, 4.69) is 24.4 Å². The normalized spacial score (nSPS) is 17.2. The van der Waals surface area contributed by atoms with Crippen LogP contribution in [0.3, 0.4) is 0 Å². The third-order valence-corrected chi connectivity index (χ3v) is 4.86. The lowest BCUT2D eigenvalue weighted by molar-refractivity contribution is 0.405. The van der Waals surface area contributed by atoms with Crippen molar-refractivity contribution in [2.45, 2.75) is 36.6 Å². The predicted molar refractivity (Wildman–Crippen MR) is 83.1 cm³/mol. The minimum absolute atomic E-state index is 0.371. The van der Waals surface area contributed by atoms with Gasteiger partial charge in [-0.25, -0.2) is 0 Å². The molecule has 108 valence electrons. The van der Waals surface area contributed by atoms with Gasteiger partial charge in [0.05, 0.1) is 13.2 Å². The summed E-state index contributed by atoms with van der Waals surface area (Å²) in [4.78, 5) is 1.16. The number of thioether (sulfide) groups is 1. The molecule has 0 radical (unpaired) electrons. The van der Waals surface area contributed by atoms with Gasteiger partial charge in [0, 0.05) is 10.6 Å². The van der Waals surface area contributed by atoms with Crippen LogP contribution in [-0.4, -0.2) is 24.9 Å². The molecule has 1 aliphatic rings. The third-order valence-electron chi connectivity index (χ3n) is 3.67. The van der Waals surface area contributed by atoms with E-state index < -0.39 is 0 Å². The highest BCUT2D eigenvalue weighted by molar-refractivity contribution is 7.99. The van der Waals surface area contributed by atoms with Gasteiger partial charge in [-0.05, 0) is 49.9 Å². The molecule has 20 heavy (non-hydrogen) atoms. The highest BCUT2D eigenvalue weighted by Crippen LogP contribution is 2.42. The lowest BCUT2D eigenvalue weighted by Gasteiger charge is -2.27. The van der Waals surface area contributed by atoms with E-state index in [4.69, 9.17) is 4.74 Å². The molecule has 1 aliphatic carbocycles. The second kappa shape index (κ2) is 7.01. The summed E-state index contributed by atoms with van der Waals surface area (Å²) in [7, 11) is 1.68. The van der Waals surface area contributed by atoms with Crippen molar-refractivity contribution in [2.24, 2.45) is 5.92 Å². The quantitative estimate of drug-likeness (QED) is 0.745. The summed E-state index contributed by atoms with van der Waals surface area (Å²) in [5.41, 5.74) is -0.371. The molecule has 1 aromatic carbocycles. The molecule has 0 amide bonds. The van der Waals surface area contributed by atoms with Crippen LogP contribution in [0.15, 0.2) is 29.2 Å². The van der Waals surface area contributed by atoms with Gasteiger partial charge in [0.15, 0.2) is 0 Å². The van der Waals surface area contributed by atoms with E-state index in [1.807, 2.05) is 18.2 Å². The van der Waals surface area contributed by atoms with Crippen molar-refractivity contribution in [1.82, 2.24) is 5.32 Å². The molecular weight excluding hydrogens is 268 g/mol. The van der Waals surface area contributed by atoms with Crippen LogP contribution in [-0.2, 0) is 0 Å². The van der Waals surface area contributed by atoms with Gasteiger partial charge in [0.1, 0.15) is 11.3 Å². The first-order chi connectivity index (χ1) is 9.74. The lowest BCUT2D eigenvalue weighted by atomic mass is 9.97. The van der Waals surface area contributed by atoms with Crippen molar-refractivity contribution in [1.29, 1.82) is 5.26 Å². The maximum Gasteiger partial charge on any atom is 0.119 e. The second-order valence-electron chi connectivity index (χ2n) is 5.25. The molecule has 0 aliphatic heterocycles. The van der Waals surface area contributed by atoms with E-state index in [9.17, 15) is 5.26 Å². The first-order valence-electron chi connectivity index (χ1n) is 7.17. The standard InChI is InChI=1S/C16H22N2OS/c1-3-9-18-16(11-17,13-7-8-13)12-20-15-6-4-5-14(10-15)19-2/h4-6,10,13,18H,3,7-9,12H2,1-2H3. The number of nitrogens with zero attached hydrogens (tertiary/aromatic N) is 1. The summed E-state index contributed by atoms with van der Waals surface area (Å²) >= 11 is 1.74. The molecule has 1 fully saturated rings. The Labute approximate surface area is 125 Å². The zero-order valence-electron chi connectivity index (χ0n) is 12.2. The van der Waals surface area contributed by atoms with Crippen molar-refractivity contribution in [3.8, 4) is 11.8 Å². The first kappa shape index (κ1) is 15.2. The Morgan fingerprint density at radius 1 is 1.50 bits per heavy atom. The molecule has 1 aromatic rings. The fourth-order valence-corrected chi connectivity index (χ4v) is 3.46. The van der Waals surface area contributed by atoms with Gasteiger partial charge < -0.3 is 4.74 Å². The van der Waals surface area contributed by atoms with E-state index in [-0.39, 0.29) is 5.54 Å². The Kier molecular flexibility index (Phi) is 5.33. The zero-order valence-corrected chi connectivity index (χ0v) is 13.0. The number of nitriles is 1. The molecule has 1 atom stereocenters. The van der Waals surface area contributed by atoms with Gasteiger partial charge in [-0.3, -0.25) is 5.32 Å². The Morgan fingerprint density at radius 2 is 2.30 bits per heavy atom. The highest BCUT2D eigenvalue weighted by atomic mass is 32.2. The molecule has 0 heterocycles. The molecule has 1 N–H and O–H groups in total. The number of ether oxygens (including phenoxy) is 1. The monoisotopic (exact) mass is 290 g/mol. The molecule has 1 unspecified atom stereocenters. The van der Waals surface area contributed by atoms with Crippen LogP contribution >= 0.6 is 11.8 Å². The number of nitrogens with one attached hydrogen (secondary N) is 1. The lowest BCUT2D eigenvalue weighted by Crippen LogP contribution is -2.48. The molecule has 3 nitrogen and oxygen atoms in total.